The van der Waals surface area contributed by atoms with E-state index < -0.39 is 0 Å². The summed E-state index contributed by atoms with van der Waals surface area (Å²) >= 11 is 5.33. The van der Waals surface area contributed by atoms with Crippen LogP contribution in [0.2, 0.25) is 0 Å². The van der Waals surface area contributed by atoms with Crippen LogP contribution in [-0.2, 0) is 0 Å². The second-order valence-electron chi connectivity index (χ2n) is 3.12. The quantitative estimate of drug-likeness (QED) is 0.586. The van der Waals surface area contributed by atoms with E-state index >= 15 is 0 Å². The van der Waals surface area contributed by atoms with Gasteiger partial charge in [0, 0.05) is 10.9 Å². The SMILES string of the molecule is CCC1C(=S)CCCN1CC. The Labute approximate surface area is 74.8 Å². The van der Waals surface area contributed by atoms with Crippen molar-refractivity contribution < 1.29 is 0 Å². The standard InChI is InChI=1S/C9H17NS/c1-3-8-9(11)6-5-7-10(8)4-2/h8H,3-7H2,1-2H3. The third-order valence-electron chi connectivity index (χ3n) is 2.47. The Kier molecular flexibility index (Phi) is 3.46. The van der Waals surface area contributed by atoms with Gasteiger partial charge in [0.2, 0.25) is 0 Å². The number of piperidine rings is 1. The summed E-state index contributed by atoms with van der Waals surface area (Å²) in [4.78, 5) is 3.77. The summed E-state index contributed by atoms with van der Waals surface area (Å²) < 4.78 is 0. The maximum atomic E-state index is 5.33. The maximum absolute atomic E-state index is 5.33. The molecule has 1 heterocycles. The van der Waals surface area contributed by atoms with Crippen LogP contribution in [0.15, 0.2) is 0 Å². The number of rotatable bonds is 2. The van der Waals surface area contributed by atoms with Gasteiger partial charge in [0.25, 0.3) is 0 Å². The van der Waals surface area contributed by atoms with E-state index in [0.717, 1.165) is 6.54 Å². The van der Waals surface area contributed by atoms with E-state index in [1.54, 1.807) is 0 Å². The zero-order valence-electron chi connectivity index (χ0n) is 7.47. The number of likely N-dealkylation sites (tertiary alicyclic amines) is 1. The van der Waals surface area contributed by atoms with Crippen molar-refractivity contribution >= 4 is 17.1 Å². The monoisotopic (exact) mass is 171 g/mol. The minimum atomic E-state index is 0.601. The highest BCUT2D eigenvalue weighted by Crippen LogP contribution is 2.16. The van der Waals surface area contributed by atoms with Crippen molar-refractivity contribution in [2.45, 2.75) is 39.2 Å². The van der Waals surface area contributed by atoms with Crippen LogP contribution in [0.1, 0.15) is 33.1 Å². The Hall–Kier alpha value is 0.0500. The molecule has 0 aliphatic carbocycles. The molecule has 1 atom stereocenters. The van der Waals surface area contributed by atoms with E-state index in [1.165, 1.54) is 30.7 Å². The fourth-order valence-corrected chi connectivity index (χ4v) is 2.31. The minimum absolute atomic E-state index is 0.601. The van der Waals surface area contributed by atoms with Gasteiger partial charge in [-0.3, -0.25) is 4.90 Å². The van der Waals surface area contributed by atoms with E-state index in [2.05, 4.69) is 18.7 Å². The van der Waals surface area contributed by atoms with Crippen LogP contribution >= 0.6 is 12.2 Å². The maximum Gasteiger partial charge on any atom is 0.0408 e. The van der Waals surface area contributed by atoms with Crippen molar-refractivity contribution in [1.82, 2.24) is 4.90 Å². The van der Waals surface area contributed by atoms with Gasteiger partial charge < -0.3 is 0 Å². The van der Waals surface area contributed by atoms with Crippen LogP contribution in [0.25, 0.3) is 0 Å². The average Bonchev–Trinajstić information content (AvgIpc) is 2.04. The second kappa shape index (κ2) is 4.17. The molecule has 0 aromatic rings. The zero-order chi connectivity index (χ0) is 8.27. The Morgan fingerprint density at radius 2 is 2.27 bits per heavy atom. The molecular formula is C9H17NS. The second-order valence-corrected chi connectivity index (χ2v) is 3.65. The highest BCUT2D eigenvalue weighted by molar-refractivity contribution is 7.80. The molecule has 64 valence electrons. The molecule has 1 rings (SSSR count). The fraction of sp³-hybridized carbons (Fsp3) is 0.889. The first-order valence-electron chi connectivity index (χ1n) is 4.56. The summed E-state index contributed by atoms with van der Waals surface area (Å²) in [7, 11) is 0. The fourth-order valence-electron chi connectivity index (χ4n) is 1.85. The number of hydrogen-bond acceptors (Lipinski definition) is 2. The molecule has 0 aromatic carbocycles. The summed E-state index contributed by atoms with van der Waals surface area (Å²) in [6, 6.07) is 0.601. The highest BCUT2D eigenvalue weighted by atomic mass is 32.1. The Balaban J connectivity index is 2.56. The molecule has 0 saturated carbocycles. The summed E-state index contributed by atoms with van der Waals surface area (Å²) in [6.07, 6.45) is 3.63. The van der Waals surface area contributed by atoms with Crippen LogP contribution in [0, 0.1) is 0 Å². The van der Waals surface area contributed by atoms with Crippen molar-refractivity contribution in [2.75, 3.05) is 13.1 Å². The van der Waals surface area contributed by atoms with Gasteiger partial charge in [0.15, 0.2) is 0 Å². The van der Waals surface area contributed by atoms with Gasteiger partial charge in [-0.2, -0.15) is 0 Å². The van der Waals surface area contributed by atoms with Crippen LogP contribution in [0.4, 0.5) is 0 Å². The van der Waals surface area contributed by atoms with E-state index in [0.29, 0.717) is 6.04 Å². The first-order valence-corrected chi connectivity index (χ1v) is 4.97. The van der Waals surface area contributed by atoms with Gasteiger partial charge in [0.1, 0.15) is 0 Å². The lowest BCUT2D eigenvalue weighted by atomic mass is 10.00. The molecule has 0 aromatic heterocycles. The van der Waals surface area contributed by atoms with Gasteiger partial charge >= 0.3 is 0 Å². The van der Waals surface area contributed by atoms with E-state index in [4.69, 9.17) is 12.2 Å². The first-order chi connectivity index (χ1) is 5.29. The van der Waals surface area contributed by atoms with Gasteiger partial charge in [-0.25, -0.2) is 0 Å². The van der Waals surface area contributed by atoms with Crippen molar-refractivity contribution in [3.8, 4) is 0 Å². The smallest absolute Gasteiger partial charge is 0.0408 e. The predicted octanol–water partition coefficient (Wildman–Crippen LogP) is 2.25. The molecule has 1 unspecified atom stereocenters. The van der Waals surface area contributed by atoms with Gasteiger partial charge in [-0.15, -0.1) is 0 Å². The Bertz CT molecular complexity index is 144. The van der Waals surface area contributed by atoms with Crippen molar-refractivity contribution in [3.63, 3.8) is 0 Å². The van der Waals surface area contributed by atoms with E-state index in [-0.39, 0.29) is 0 Å². The van der Waals surface area contributed by atoms with Crippen molar-refractivity contribution in [2.24, 2.45) is 0 Å². The molecule has 1 saturated heterocycles. The molecule has 0 bridgehead atoms. The topological polar surface area (TPSA) is 3.24 Å². The summed E-state index contributed by atoms with van der Waals surface area (Å²) in [5.74, 6) is 0. The zero-order valence-corrected chi connectivity index (χ0v) is 8.28. The normalized spacial score (nSPS) is 27.5. The third kappa shape index (κ3) is 2.00. The molecule has 1 fully saturated rings. The van der Waals surface area contributed by atoms with Crippen LogP contribution < -0.4 is 0 Å². The van der Waals surface area contributed by atoms with Crippen LogP contribution in [0.5, 0.6) is 0 Å². The van der Waals surface area contributed by atoms with Gasteiger partial charge in [0.05, 0.1) is 0 Å². The minimum Gasteiger partial charge on any atom is -0.296 e. The van der Waals surface area contributed by atoms with E-state index in [9.17, 15) is 0 Å². The number of hydrogen-bond donors (Lipinski definition) is 0. The molecule has 1 aliphatic rings. The molecule has 1 aliphatic heterocycles. The molecule has 1 nitrogen and oxygen atoms in total. The van der Waals surface area contributed by atoms with Crippen LogP contribution in [0.3, 0.4) is 0 Å². The van der Waals surface area contributed by atoms with Gasteiger partial charge in [-0.05, 0) is 32.4 Å². The van der Waals surface area contributed by atoms with Gasteiger partial charge in [-0.1, -0.05) is 26.1 Å². The largest absolute Gasteiger partial charge is 0.296 e. The Morgan fingerprint density at radius 3 is 2.73 bits per heavy atom. The molecule has 11 heavy (non-hydrogen) atoms. The molecule has 0 N–H and O–H groups in total. The highest BCUT2D eigenvalue weighted by Gasteiger charge is 2.23. The summed E-state index contributed by atoms with van der Waals surface area (Å²) in [6.45, 7) is 6.84. The van der Waals surface area contributed by atoms with E-state index in [1.807, 2.05) is 0 Å². The van der Waals surface area contributed by atoms with Crippen molar-refractivity contribution in [3.05, 3.63) is 0 Å². The lowest BCUT2D eigenvalue weighted by Gasteiger charge is -2.34. The molecule has 0 radical (unpaired) electrons. The molecule has 0 amide bonds. The van der Waals surface area contributed by atoms with Crippen LogP contribution in [-0.4, -0.2) is 28.9 Å². The summed E-state index contributed by atoms with van der Waals surface area (Å²) in [5, 5.41) is 0. The lowest BCUT2D eigenvalue weighted by Crippen LogP contribution is -2.44. The molecule has 0 spiro atoms. The third-order valence-corrected chi connectivity index (χ3v) is 2.95. The molecule has 2 heteroatoms. The lowest BCUT2D eigenvalue weighted by molar-refractivity contribution is 0.232. The summed E-state index contributed by atoms with van der Waals surface area (Å²) in [5.41, 5.74) is 0. The predicted molar refractivity (Wildman–Crippen MR) is 53.2 cm³/mol. The Morgan fingerprint density at radius 1 is 1.55 bits per heavy atom. The first kappa shape index (κ1) is 9.14. The number of nitrogens with zero attached hydrogens (tertiary/aromatic N) is 1. The average molecular weight is 171 g/mol. The molecular weight excluding hydrogens is 154 g/mol. The van der Waals surface area contributed by atoms with Crippen molar-refractivity contribution in [1.29, 1.82) is 0 Å². The number of thiocarbonyl (C=S) groups is 1.